The zero-order valence-corrected chi connectivity index (χ0v) is 22.5. The van der Waals surface area contributed by atoms with Gasteiger partial charge in [-0.2, -0.15) is 0 Å². The third-order valence-corrected chi connectivity index (χ3v) is 6.81. The van der Waals surface area contributed by atoms with Gasteiger partial charge in [-0.3, -0.25) is 5.32 Å². The molecular formula is C28H29NO11. The Labute approximate surface area is 229 Å². The van der Waals surface area contributed by atoms with E-state index in [1.807, 2.05) is 30.3 Å². The fourth-order valence-electron chi connectivity index (χ4n) is 4.89. The van der Waals surface area contributed by atoms with Crippen LogP contribution < -0.4 is 20.4 Å². The number of benzene rings is 2. The summed E-state index contributed by atoms with van der Waals surface area (Å²) in [6, 6.07) is 12.1. The summed E-state index contributed by atoms with van der Waals surface area (Å²) in [5, 5.41) is 2.83. The smallest absolute Gasteiger partial charge is 0.496 e. The first-order valence-corrected chi connectivity index (χ1v) is 12.5. The van der Waals surface area contributed by atoms with Crippen LogP contribution in [0.5, 0.6) is 11.5 Å². The van der Waals surface area contributed by atoms with E-state index < -0.39 is 48.1 Å². The van der Waals surface area contributed by atoms with Crippen LogP contribution in [-0.4, -0.2) is 56.7 Å². The number of anilines is 1. The Kier molecular flexibility index (Phi) is 7.30. The maximum absolute atomic E-state index is 12.8. The summed E-state index contributed by atoms with van der Waals surface area (Å²) >= 11 is 0. The average Bonchev–Trinajstić information content (AvgIpc) is 3.31. The number of ether oxygens (including phenoxy) is 7. The summed E-state index contributed by atoms with van der Waals surface area (Å²) in [6.45, 7) is 5.28. The lowest BCUT2D eigenvalue weighted by molar-refractivity contribution is -0.282. The van der Waals surface area contributed by atoms with Gasteiger partial charge in [0.2, 0.25) is 12.4 Å². The molecule has 0 spiro atoms. The quantitative estimate of drug-likeness (QED) is 0.330. The average molecular weight is 556 g/mol. The number of aryl methyl sites for hydroxylation is 1. The van der Waals surface area contributed by atoms with E-state index in [9.17, 15) is 14.4 Å². The van der Waals surface area contributed by atoms with Gasteiger partial charge in [-0.15, -0.1) is 0 Å². The highest BCUT2D eigenvalue weighted by Gasteiger charge is 2.59. The molecule has 12 heteroatoms. The molecule has 0 unspecified atom stereocenters. The molecule has 0 aliphatic carbocycles. The predicted octanol–water partition coefficient (Wildman–Crippen LogP) is 4.29. The molecule has 0 saturated carbocycles. The summed E-state index contributed by atoms with van der Waals surface area (Å²) in [6.07, 6.45) is -5.01. The first kappa shape index (κ1) is 27.3. The van der Waals surface area contributed by atoms with Crippen LogP contribution in [0.4, 0.5) is 15.3 Å². The molecule has 2 fully saturated rings. The summed E-state index contributed by atoms with van der Waals surface area (Å²) in [5.41, 5.74) is -0.417. The van der Waals surface area contributed by atoms with Gasteiger partial charge in [-0.25, -0.2) is 14.4 Å². The van der Waals surface area contributed by atoms with Gasteiger partial charge in [0.15, 0.2) is 6.10 Å². The highest BCUT2D eigenvalue weighted by atomic mass is 16.8. The van der Waals surface area contributed by atoms with Crippen LogP contribution in [-0.2, 0) is 30.3 Å². The fourth-order valence-corrected chi connectivity index (χ4v) is 4.89. The first-order chi connectivity index (χ1) is 19.1. The van der Waals surface area contributed by atoms with E-state index in [0.717, 1.165) is 5.56 Å². The summed E-state index contributed by atoms with van der Waals surface area (Å²) in [4.78, 5) is 37.1. The Morgan fingerprint density at radius 2 is 1.75 bits per heavy atom. The topological polar surface area (TPSA) is 141 Å². The van der Waals surface area contributed by atoms with E-state index in [1.54, 1.807) is 26.8 Å². The number of hydrogen-bond donors (Lipinski definition) is 1. The fraction of sp³-hybridized carbons (Fsp3) is 0.393. The number of fused-ring (bicyclic) bond motifs is 2. The molecule has 40 heavy (non-hydrogen) atoms. The maximum Gasteiger partial charge on any atom is 0.509 e. The lowest BCUT2D eigenvalue weighted by Crippen LogP contribution is -2.62. The second kappa shape index (κ2) is 10.7. The molecule has 2 aromatic carbocycles. The van der Waals surface area contributed by atoms with Crippen molar-refractivity contribution in [2.75, 3.05) is 19.5 Å². The van der Waals surface area contributed by atoms with Crippen LogP contribution in [0.1, 0.15) is 25.0 Å². The molecule has 2 aliphatic heterocycles. The number of amides is 1. The molecular weight excluding hydrogens is 526 g/mol. The van der Waals surface area contributed by atoms with Gasteiger partial charge in [-0.1, -0.05) is 30.3 Å². The molecule has 4 atom stereocenters. The van der Waals surface area contributed by atoms with Crippen LogP contribution in [0.3, 0.4) is 0 Å². The minimum absolute atomic E-state index is 0.0299. The lowest BCUT2D eigenvalue weighted by atomic mass is 9.89. The molecule has 212 valence electrons. The van der Waals surface area contributed by atoms with E-state index in [2.05, 4.69) is 5.32 Å². The number of carbonyl (C=O) groups is 2. The number of hydrogen-bond acceptors (Lipinski definition) is 11. The van der Waals surface area contributed by atoms with Crippen LogP contribution in [0.2, 0.25) is 0 Å². The molecule has 1 aromatic heterocycles. The molecule has 3 aromatic rings. The summed E-state index contributed by atoms with van der Waals surface area (Å²) < 4.78 is 44.8. The Morgan fingerprint density at radius 1 is 1.02 bits per heavy atom. The van der Waals surface area contributed by atoms with Gasteiger partial charge >= 0.3 is 17.9 Å². The summed E-state index contributed by atoms with van der Waals surface area (Å²) in [7, 11) is 2.93. The van der Waals surface area contributed by atoms with Gasteiger partial charge < -0.3 is 37.6 Å². The minimum Gasteiger partial charge on any atom is -0.496 e. The van der Waals surface area contributed by atoms with Crippen molar-refractivity contribution >= 4 is 28.9 Å². The van der Waals surface area contributed by atoms with E-state index in [1.165, 1.54) is 20.3 Å². The van der Waals surface area contributed by atoms with E-state index >= 15 is 0 Å². The van der Waals surface area contributed by atoms with E-state index in [-0.39, 0.29) is 23.6 Å². The van der Waals surface area contributed by atoms with Gasteiger partial charge in [0.25, 0.3) is 0 Å². The molecule has 0 bridgehead atoms. The molecule has 5 rings (SSSR count). The van der Waals surface area contributed by atoms with Crippen molar-refractivity contribution in [3.05, 3.63) is 64.0 Å². The van der Waals surface area contributed by atoms with Crippen LogP contribution in [0.15, 0.2) is 51.7 Å². The third kappa shape index (κ3) is 5.15. The molecule has 1 amide bonds. The highest BCUT2D eigenvalue weighted by molar-refractivity contribution is 5.93. The van der Waals surface area contributed by atoms with E-state index in [0.29, 0.717) is 16.7 Å². The Hall–Kier alpha value is -4.29. The van der Waals surface area contributed by atoms with Crippen molar-refractivity contribution in [2.24, 2.45) is 0 Å². The molecule has 3 heterocycles. The largest absolute Gasteiger partial charge is 0.509 e. The molecule has 2 saturated heterocycles. The van der Waals surface area contributed by atoms with Gasteiger partial charge in [0.1, 0.15) is 35.5 Å². The maximum atomic E-state index is 12.8. The molecule has 2 aliphatic rings. The molecule has 0 radical (unpaired) electrons. The number of carbonyl (C=O) groups excluding carboxylic acids is 2. The van der Waals surface area contributed by atoms with Crippen LogP contribution >= 0.6 is 0 Å². The van der Waals surface area contributed by atoms with Crippen molar-refractivity contribution in [3.63, 3.8) is 0 Å². The first-order valence-electron chi connectivity index (χ1n) is 12.5. The van der Waals surface area contributed by atoms with Crippen molar-refractivity contribution in [2.45, 2.75) is 57.6 Å². The van der Waals surface area contributed by atoms with Crippen molar-refractivity contribution in [3.8, 4) is 11.5 Å². The van der Waals surface area contributed by atoms with Gasteiger partial charge in [0, 0.05) is 18.7 Å². The van der Waals surface area contributed by atoms with Crippen molar-refractivity contribution in [1.29, 1.82) is 0 Å². The zero-order valence-electron chi connectivity index (χ0n) is 22.5. The Bertz CT molecular complexity index is 1480. The third-order valence-electron chi connectivity index (χ3n) is 6.81. The van der Waals surface area contributed by atoms with E-state index in [4.69, 9.17) is 37.6 Å². The lowest BCUT2D eigenvalue weighted by Gasteiger charge is -2.45. The van der Waals surface area contributed by atoms with Gasteiger partial charge in [-0.05, 0) is 32.4 Å². The Morgan fingerprint density at radius 3 is 2.45 bits per heavy atom. The Balaban J connectivity index is 1.41. The van der Waals surface area contributed by atoms with Crippen LogP contribution in [0.25, 0.3) is 11.0 Å². The monoisotopic (exact) mass is 555 g/mol. The second-order valence-electron chi connectivity index (χ2n) is 9.86. The number of methoxy groups -OCH3 is 2. The standard InChI is InChI=1S/C28H29NO11/c1-14-18(36-25-22-21(38-27(32)39-22)23(34-5)28(2,3)40-25)12-19(33-4)16-11-17(24(30)37-20(14)16)29-26(31)35-13-15-9-7-6-8-10-15/h6-12,21-23,25H,13H2,1-5H3,(H,29,31)/t21-,22+,23-,25-/m1/s1. The minimum atomic E-state index is -1.06. The van der Waals surface area contributed by atoms with Gasteiger partial charge in [0.05, 0.1) is 18.1 Å². The highest BCUT2D eigenvalue weighted by Crippen LogP contribution is 2.41. The second-order valence-corrected chi connectivity index (χ2v) is 9.86. The molecule has 12 nitrogen and oxygen atoms in total. The zero-order chi connectivity index (χ0) is 28.6. The summed E-state index contributed by atoms with van der Waals surface area (Å²) in [5.74, 6) is 0.551. The van der Waals surface area contributed by atoms with Crippen LogP contribution in [0, 0.1) is 6.92 Å². The predicted molar refractivity (Wildman–Crippen MR) is 140 cm³/mol. The van der Waals surface area contributed by atoms with Crippen molar-refractivity contribution in [1.82, 2.24) is 0 Å². The number of nitrogens with one attached hydrogen (secondary N) is 1. The SMILES string of the molecule is COc1cc(O[C@@H]2OC(C)(C)[C@H](OC)[C@@H]3OC(=O)O[C@H]23)c(C)c2oc(=O)c(NC(=O)OCc3ccccc3)cc12. The molecule has 1 N–H and O–H groups in total. The van der Waals surface area contributed by atoms with Crippen molar-refractivity contribution < 1.29 is 47.2 Å². The number of rotatable bonds is 7. The normalized spacial score (nSPS) is 23.1.